The first kappa shape index (κ1) is 19.9. The summed E-state index contributed by atoms with van der Waals surface area (Å²) in [5, 5.41) is 3.03. The number of amides is 2. The van der Waals surface area contributed by atoms with Crippen molar-refractivity contribution in [3.63, 3.8) is 0 Å². The van der Waals surface area contributed by atoms with Gasteiger partial charge in [0.25, 0.3) is 0 Å². The second kappa shape index (κ2) is 9.40. The summed E-state index contributed by atoms with van der Waals surface area (Å²) >= 11 is 0. The minimum absolute atomic E-state index is 0.0536. The predicted octanol–water partition coefficient (Wildman–Crippen LogP) is 3.13. The van der Waals surface area contributed by atoms with Crippen LogP contribution < -0.4 is 10.2 Å². The number of hydrogen-bond donors (Lipinski definition) is 1. The molecular formula is C23H29N3O2. The SMILES string of the molecule is CCN(CCNC(=O)[C@H]1CCC(=O)N1Cc1ccc(C)cc1)c1ccccc1. The van der Waals surface area contributed by atoms with Gasteiger partial charge in [0.2, 0.25) is 11.8 Å². The molecule has 0 unspecified atom stereocenters. The van der Waals surface area contributed by atoms with Crippen LogP contribution in [0.2, 0.25) is 0 Å². The van der Waals surface area contributed by atoms with Gasteiger partial charge in [0.15, 0.2) is 0 Å². The number of benzene rings is 2. The van der Waals surface area contributed by atoms with Gasteiger partial charge in [0, 0.05) is 38.3 Å². The van der Waals surface area contributed by atoms with E-state index in [4.69, 9.17) is 0 Å². The molecule has 0 aromatic heterocycles. The Bertz CT molecular complexity index is 789. The van der Waals surface area contributed by atoms with Crippen LogP contribution in [-0.4, -0.2) is 42.4 Å². The molecule has 0 radical (unpaired) electrons. The molecule has 2 amide bonds. The maximum atomic E-state index is 12.7. The Balaban J connectivity index is 1.55. The Morgan fingerprint density at radius 2 is 1.86 bits per heavy atom. The van der Waals surface area contributed by atoms with E-state index in [2.05, 4.69) is 29.3 Å². The highest BCUT2D eigenvalue weighted by Gasteiger charge is 2.35. The summed E-state index contributed by atoms with van der Waals surface area (Å²) < 4.78 is 0. The molecule has 28 heavy (non-hydrogen) atoms. The van der Waals surface area contributed by atoms with Crippen molar-refractivity contribution in [2.75, 3.05) is 24.5 Å². The highest BCUT2D eigenvalue weighted by Crippen LogP contribution is 2.22. The summed E-state index contributed by atoms with van der Waals surface area (Å²) in [5.41, 5.74) is 3.39. The first-order chi connectivity index (χ1) is 13.6. The molecule has 3 rings (SSSR count). The standard InChI is InChI=1S/C23H29N3O2/c1-3-25(20-7-5-4-6-8-20)16-15-24-23(28)21-13-14-22(27)26(21)17-19-11-9-18(2)10-12-19/h4-12,21H,3,13-17H2,1-2H3,(H,24,28)/t21-/m1/s1. The molecule has 1 heterocycles. The van der Waals surface area contributed by atoms with Crippen LogP contribution in [0, 0.1) is 6.92 Å². The number of nitrogens with one attached hydrogen (secondary N) is 1. The molecule has 0 aliphatic carbocycles. The molecule has 0 saturated carbocycles. The Hall–Kier alpha value is -2.82. The molecule has 5 nitrogen and oxygen atoms in total. The monoisotopic (exact) mass is 379 g/mol. The van der Waals surface area contributed by atoms with Crippen molar-refractivity contribution in [3.05, 3.63) is 65.7 Å². The fourth-order valence-corrected chi connectivity index (χ4v) is 3.64. The molecule has 2 aromatic carbocycles. The van der Waals surface area contributed by atoms with Gasteiger partial charge in [-0.25, -0.2) is 0 Å². The second-order valence-corrected chi connectivity index (χ2v) is 7.27. The zero-order chi connectivity index (χ0) is 19.9. The lowest BCUT2D eigenvalue weighted by Crippen LogP contribution is -2.46. The number of anilines is 1. The number of nitrogens with zero attached hydrogens (tertiary/aromatic N) is 2. The normalized spacial score (nSPS) is 16.3. The van der Waals surface area contributed by atoms with Crippen molar-refractivity contribution >= 4 is 17.5 Å². The van der Waals surface area contributed by atoms with Gasteiger partial charge in [0.1, 0.15) is 6.04 Å². The molecule has 2 aromatic rings. The van der Waals surface area contributed by atoms with E-state index in [9.17, 15) is 9.59 Å². The third kappa shape index (κ3) is 4.91. The van der Waals surface area contributed by atoms with E-state index in [0.29, 0.717) is 25.9 Å². The highest BCUT2D eigenvalue weighted by atomic mass is 16.2. The highest BCUT2D eigenvalue weighted by molar-refractivity contribution is 5.90. The molecule has 148 valence electrons. The van der Waals surface area contributed by atoms with Gasteiger partial charge in [-0.05, 0) is 38.0 Å². The molecule has 0 spiro atoms. The van der Waals surface area contributed by atoms with Crippen LogP contribution in [0.5, 0.6) is 0 Å². The zero-order valence-corrected chi connectivity index (χ0v) is 16.7. The van der Waals surface area contributed by atoms with Crippen LogP contribution in [-0.2, 0) is 16.1 Å². The van der Waals surface area contributed by atoms with Gasteiger partial charge in [-0.15, -0.1) is 0 Å². The summed E-state index contributed by atoms with van der Waals surface area (Å²) in [5.74, 6) is 0.00210. The molecule has 1 atom stereocenters. The average molecular weight is 380 g/mol. The van der Waals surface area contributed by atoms with E-state index in [1.165, 1.54) is 5.56 Å². The first-order valence-electron chi connectivity index (χ1n) is 10.0. The lowest BCUT2D eigenvalue weighted by Gasteiger charge is -2.26. The number of carbonyl (C=O) groups excluding carboxylic acids is 2. The van der Waals surface area contributed by atoms with Gasteiger partial charge < -0.3 is 15.1 Å². The molecule has 1 aliphatic rings. The first-order valence-corrected chi connectivity index (χ1v) is 10.0. The van der Waals surface area contributed by atoms with Crippen molar-refractivity contribution < 1.29 is 9.59 Å². The molecule has 1 fully saturated rings. The van der Waals surface area contributed by atoms with Crippen molar-refractivity contribution in [3.8, 4) is 0 Å². The molecule has 5 heteroatoms. The van der Waals surface area contributed by atoms with E-state index in [1.807, 2.05) is 49.4 Å². The number of rotatable bonds is 8. The van der Waals surface area contributed by atoms with E-state index >= 15 is 0 Å². The van der Waals surface area contributed by atoms with Crippen molar-refractivity contribution in [1.82, 2.24) is 10.2 Å². The third-order valence-corrected chi connectivity index (χ3v) is 5.29. The topological polar surface area (TPSA) is 52.7 Å². The van der Waals surface area contributed by atoms with Gasteiger partial charge in [-0.1, -0.05) is 48.0 Å². The molecule has 1 aliphatic heterocycles. The number of aryl methyl sites for hydroxylation is 1. The number of likely N-dealkylation sites (N-methyl/N-ethyl adjacent to an activating group) is 1. The third-order valence-electron chi connectivity index (χ3n) is 5.29. The van der Waals surface area contributed by atoms with Crippen LogP contribution in [0.1, 0.15) is 30.9 Å². The van der Waals surface area contributed by atoms with Crippen molar-refractivity contribution in [1.29, 1.82) is 0 Å². The fraction of sp³-hybridized carbons (Fsp3) is 0.391. The number of hydrogen-bond acceptors (Lipinski definition) is 3. The molecular weight excluding hydrogens is 350 g/mol. The Labute approximate surface area is 167 Å². The van der Waals surface area contributed by atoms with E-state index in [1.54, 1.807) is 4.90 Å². The molecule has 0 bridgehead atoms. The summed E-state index contributed by atoms with van der Waals surface area (Å²) in [4.78, 5) is 29.0. The summed E-state index contributed by atoms with van der Waals surface area (Å²) in [6, 6.07) is 17.9. The second-order valence-electron chi connectivity index (χ2n) is 7.27. The Kier molecular flexibility index (Phi) is 6.69. The van der Waals surface area contributed by atoms with Crippen molar-refractivity contribution in [2.24, 2.45) is 0 Å². The summed E-state index contributed by atoms with van der Waals surface area (Å²) in [6.07, 6.45) is 1.03. The lowest BCUT2D eigenvalue weighted by atomic mass is 10.1. The maximum Gasteiger partial charge on any atom is 0.242 e. The predicted molar refractivity (Wildman–Crippen MR) is 112 cm³/mol. The van der Waals surface area contributed by atoms with Crippen LogP contribution in [0.25, 0.3) is 0 Å². The van der Waals surface area contributed by atoms with Crippen LogP contribution in [0.3, 0.4) is 0 Å². The van der Waals surface area contributed by atoms with E-state index in [-0.39, 0.29) is 17.9 Å². The average Bonchev–Trinajstić information content (AvgIpc) is 3.08. The fourth-order valence-electron chi connectivity index (χ4n) is 3.64. The Morgan fingerprint density at radius 1 is 1.14 bits per heavy atom. The maximum absolute atomic E-state index is 12.7. The molecule has 1 saturated heterocycles. The van der Waals surface area contributed by atoms with Gasteiger partial charge in [-0.2, -0.15) is 0 Å². The zero-order valence-electron chi connectivity index (χ0n) is 16.7. The minimum Gasteiger partial charge on any atom is -0.370 e. The van der Waals surface area contributed by atoms with Crippen LogP contribution >= 0.6 is 0 Å². The van der Waals surface area contributed by atoms with Gasteiger partial charge >= 0.3 is 0 Å². The number of carbonyl (C=O) groups is 2. The number of para-hydroxylation sites is 1. The van der Waals surface area contributed by atoms with Crippen molar-refractivity contribution in [2.45, 2.75) is 39.3 Å². The lowest BCUT2D eigenvalue weighted by molar-refractivity contribution is -0.135. The number of likely N-dealkylation sites (tertiary alicyclic amines) is 1. The largest absolute Gasteiger partial charge is 0.370 e. The quantitative estimate of drug-likeness (QED) is 0.767. The molecule has 1 N–H and O–H groups in total. The summed E-state index contributed by atoms with van der Waals surface area (Å²) in [7, 11) is 0. The van der Waals surface area contributed by atoms with E-state index in [0.717, 1.165) is 24.3 Å². The summed E-state index contributed by atoms with van der Waals surface area (Å²) in [6.45, 7) is 6.81. The minimum atomic E-state index is -0.374. The van der Waals surface area contributed by atoms with Crippen LogP contribution in [0.15, 0.2) is 54.6 Å². The van der Waals surface area contributed by atoms with E-state index < -0.39 is 0 Å². The van der Waals surface area contributed by atoms with Crippen LogP contribution in [0.4, 0.5) is 5.69 Å². The Morgan fingerprint density at radius 3 is 2.54 bits per heavy atom. The smallest absolute Gasteiger partial charge is 0.242 e. The van der Waals surface area contributed by atoms with Gasteiger partial charge in [-0.3, -0.25) is 9.59 Å². The van der Waals surface area contributed by atoms with Gasteiger partial charge in [0.05, 0.1) is 0 Å².